The van der Waals surface area contributed by atoms with Gasteiger partial charge in [-0.05, 0) is 61.4 Å². The minimum atomic E-state index is -0.134. The van der Waals surface area contributed by atoms with E-state index >= 15 is 0 Å². The molecule has 1 aliphatic rings. The highest BCUT2D eigenvalue weighted by Gasteiger charge is 2.28. The molecule has 5 nitrogen and oxygen atoms in total. The van der Waals surface area contributed by atoms with Gasteiger partial charge in [-0.25, -0.2) is 4.98 Å². The fourth-order valence-electron chi connectivity index (χ4n) is 3.47. The maximum absolute atomic E-state index is 13.2. The number of benzene rings is 2. The molecule has 0 atom stereocenters. The monoisotopic (exact) mass is 403 g/mol. The molecule has 146 valence electrons. The molecule has 6 heteroatoms. The molecular weight excluding hydrogens is 382 g/mol. The predicted molar refractivity (Wildman–Crippen MR) is 116 cm³/mol. The van der Waals surface area contributed by atoms with Crippen LogP contribution >= 0.6 is 11.8 Å². The average Bonchev–Trinajstić information content (AvgIpc) is 2.80. The van der Waals surface area contributed by atoms with E-state index in [-0.39, 0.29) is 18.2 Å². The second-order valence-corrected chi connectivity index (χ2v) is 8.09. The van der Waals surface area contributed by atoms with E-state index in [4.69, 9.17) is 0 Å². The normalized spacial score (nSPS) is 12.8. The number of aromatic nitrogens is 1. The molecule has 1 N–H and O–H groups in total. The lowest BCUT2D eigenvalue weighted by Crippen LogP contribution is -2.34. The van der Waals surface area contributed by atoms with Gasteiger partial charge in [0, 0.05) is 29.7 Å². The third kappa shape index (κ3) is 4.17. The van der Waals surface area contributed by atoms with Crippen LogP contribution in [0.1, 0.15) is 27.9 Å². The number of aryl methyl sites for hydroxylation is 2. The molecule has 0 saturated carbocycles. The number of anilines is 2. The summed E-state index contributed by atoms with van der Waals surface area (Å²) in [6.45, 7) is 4.29. The highest BCUT2D eigenvalue weighted by Crippen LogP contribution is 2.40. The van der Waals surface area contributed by atoms with Gasteiger partial charge in [0.25, 0.3) is 5.91 Å². The zero-order valence-electron chi connectivity index (χ0n) is 16.3. The van der Waals surface area contributed by atoms with Gasteiger partial charge in [0.1, 0.15) is 5.03 Å². The summed E-state index contributed by atoms with van der Waals surface area (Å²) in [7, 11) is 0. The number of pyridine rings is 1. The molecule has 4 rings (SSSR count). The number of nitrogens with one attached hydrogen (secondary N) is 1. The molecular formula is C23H21N3O2S. The van der Waals surface area contributed by atoms with Gasteiger partial charge in [0.15, 0.2) is 0 Å². The van der Waals surface area contributed by atoms with Gasteiger partial charge < -0.3 is 10.2 Å². The van der Waals surface area contributed by atoms with Crippen molar-refractivity contribution in [3.63, 3.8) is 0 Å². The maximum Gasteiger partial charge on any atom is 0.261 e. The molecule has 3 aromatic rings. The molecule has 1 aliphatic heterocycles. The minimum Gasteiger partial charge on any atom is -0.326 e. The Morgan fingerprint density at radius 1 is 1.07 bits per heavy atom. The summed E-state index contributed by atoms with van der Waals surface area (Å²) in [5, 5.41) is 3.63. The lowest BCUT2D eigenvalue weighted by molar-refractivity contribution is -0.116. The highest BCUT2D eigenvalue weighted by atomic mass is 32.2. The largest absolute Gasteiger partial charge is 0.326 e. The third-order valence-electron chi connectivity index (χ3n) is 4.68. The number of fused-ring (bicyclic) bond motifs is 2. The van der Waals surface area contributed by atoms with Gasteiger partial charge in [-0.2, -0.15) is 0 Å². The Morgan fingerprint density at radius 3 is 2.62 bits per heavy atom. The third-order valence-corrected chi connectivity index (χ3v) is 5.76. The first-order valence-corrected chi connectivity index (χ1v) is 10.2. The van der Waals surface area contributed by atoms with Crippen LogP contribution in [0.2, 0.25) is 0 Å². The van der Waals surface area contributed by atoms with Crippen LogP contribution in [0.15, 0.2) is 70.7 Å². The molecule has 2 aromatic carbocycles. The summed E-state index contributed by atoms with van der Waals surface area (Å²) < 4.78 is 0. The van der Waals surface area contributed by atoms with Gasteiger partial charge in [0.05, 0.1) is 11.3 Å². The lowest BCUT2D eigenvalue weighted by Gasteiger charge is -2.22. The Labute approximate surface area is 174 Å². The van der Waals surface area contributed by atoms with Crippen LogP contribution in [0.4, 0.5) is 11.4 Å². The summed E-state index contributed by atoms with van der Waals surface area (Å²) in [5.41, 5.74) is 4.33. The van der Waals surface area contributed by atoms with Crippen LogP contribution in [0.3, 0.4) is 0 Å². The number of carbonyl (C=O) groups excluding carboxylic acids is 2. The Morgan fingerprint density at radius 2 is 1.83 bits per heavy atom. The average molecular weight is 404 g/mol. The summed E-state index contributed by atoms with van der Waals surface area (Å²) >= 11 is 1.48. The van der Waals surface area contributed by atoms with Crippen molar-refractivity contribution < 1.29 is 9.59 Å². The molecule has 0 radical (unpaired) electrons. The fourth-order valence-corrected chi connectivity index (χ4v) is 4.48. The van der Waals surface area contributed by atoms with Crippen LogP contribution in [0.25, 0.3) is 0 Å². The fraction of sp³-hybridized carbons (Fsp3) is 0.174. The van der Waals surface area contributed by atoms with Gasteiger partial charge >= 0.3 is 0 Å². The molecule has 2 heterocycles. The lowest BCUT2D eigenvalue weighted by atomic mass is 10.1. The summed E-state index contributed by atoms with van der Waals surface area (Å²) in [4.78, 5) is 32.8. The van der Waals surface area contributed by atoms with E-state index in [1.54, 1.807) is 23.2 Å². The van der Waals surface area contributed by atoms with E-state index in [1.807, 2.05) is 50.2 Å². The van der Waals surface area contributed by atoms with Crippen molar-refractivity contribution in [3.8, 4) is 0 Å². The van der Waals surface area contributed by atoms with Gasteiger partial charge in [-0.3, -0.25) is 9.59 Å². The summed E-state index contributed by atoms with van der Waals surface area (Å²) in [6.07, 6.45) is 1.89. The number of para-hydroxylation sites is 1. The van der Waals surface area contributed by atoms with Gasteiger partial charge in [0.2, 0.25) is 5.91 Å². The minimum absolute atomic E-state index is 0.122. The Balaban J connectivity index is 1.55. The first kappa shape index (κ1) is 19.2. The Kier molecular flexibility index (Phi) is 5.36. The van der Waals surface area contributed by atoms with Crippen molar-refractivity contribution in [2.24, 2.45) is 0 Å². The quantitative estimate of drug-likeness (QED) is 0.677. The molecule has 0 saturated heterocycles. The van der Waals surface area contributed by atoms with E-state index in [2.05, 4.69) is 16.4 Å². The first-order chi connectivity index (χ1) is 14.0. The molecule has 0 aliphatic carbocycles. The van der Waals surface area contributed by atoms with Gasteiger partial charge in [-0.15, -0.1) is 0 Å². The number of carbonyl (C=O) groups is 2. The number of nitrogens with zero attached hydrogens (tertiary/aromatic N) is 2. The standard InChI is InChI=1S/C23H21N3O2S/c1-15-12-16(2)14-17(13-15)25-21(27)9-11-26-19-7-3-4-8-20(19)29-22-18(23(26)28)6-5-10-24-22/h3-8,10,12-14H,9,11H2,1-2H3,(H,25,27). The summed E-state index contributed by atoms with van der Waals surface area (Å²) in [6, 6.07) is 17.2. The Bertz CT molecular complexity index is 1080. The van der Waals surface area contributed by atoms with Crippen molar-refractivity contribution in [1.29, 1.82) is 0 Å². The van der Waals surface area contributed by atoms with Crippen molar-refractivity contribution in [2.45, 2.75) is 30.2 Å². The number of hydrogen-bond donors (Lipinski definition) is 1. The van der Waals surface area contributed by atoms with Crippen LogP contribution in [-0.2, 0) is 4.79 Å². The van der Waals surface area contributed by atoms with E-state index in [0.29, 0.717) is 17.1 Å². The summed E-state index contributed by atoms with van der Waals surface area (Å²) in [5.74, 6) is -0.256. The van der Waals surface area contributed by atoms with Crippen LogP contribution in [0.5, 0.6) is 0 Å². The van der Waals surface area contributed by atoms with E-state index in [1.165, 1.54) is 11.8 Å². The topological polar surface area (TPSA) is 62.3 Å². The molecule has 0 fully saturated rings. The van der Waals surface area contributed by atoms with Crippen LogP contribution in [-0.4, -0.2) is 23.3 Å². The van der Waals surface area contributed by atoms with Crippen LogP contribution in [0, 0.1) is 13.8 Å². The number of rotatable bonds is 4. The van der Waals surface area contributed by atoms with E-state index < -0.39 is 0 Å². The second kappa shape index (κ2) is 8.09. The van der Waals surface area contributed by atoms with E-state index in [0.717, 1.165) is 27.4 Å². The molecule has 0 bridgehead atoms. The first-order valence-electron chi connectivity index (χ1n) is 9.43. The number of hydrogen-bond acceptors (Lipinski definition) is 4. The SMILES string of the molecule is Cc1cc(C)cc(NC(=O)CCN2C(=O)c3cccnc3Sc3ccccc32)c1. The zero-order chi connectivity index (χ0) is 20.4. The van der Waals surface area contributed by atoms with Gasteiger partial charge in [-0.1, -0.05) is 30.0 Å². The van der Waals surface area contributed by atoms with Crippen molar-refractivity contribution in [2.75, 3.05) is 16.8 Å². The predicted octanol–water partition coefficient (Wildman–Crippen LogP) is 4.84. The second-order valence-electron chi connectivity index (χ2n) is 7.06. The molecule has 0 unspecified atom stereocenters. The smallest absolute Gasteiger partial charge is 0.261 e. The van der Waals surface area contributed by atoms with Crippen LogP contribution < -0.4 is 10.2 Å². The highest BCUT2D eigenvalue weighted by molar-refractivity contribution is 7.99. The molecule has 0 spiro atoms. The zero-order valence-corrected chi connectivity index (χ0v) is 17.1. The van der Waals surface area contributed by atoms with Crippen molar-refractivity contribution >= 4 is 35.0 Å². The van der Waals surface area contributed by atoms with Crippen molar-refractivity contribution in [3.05, 3.63) is 77.5 Å². The molecule has 2 amide bonds. The Hall–Kier alpha value is -3.12. The van der Waals surface area contributed by atoms with E-state index in [9.17, 15) is 9.59 Å². The van der Waals surface area contributed by atoms with Crippen molar-refractivity contribution in [1.82, 2.24) is 4.98 Å². The molecule has 1 aromatic heterocycles. The maximum atomic E-state index is 13.2. The molecule has 29 heavy (non-hydrogen) atoms. The number of amides is 2.